The predicted molar refractivity (Wildman–Crippen MR) is 45.4 cm³/mol. The Kier molecular flexibility index (Phi) is 1.71. The van der Waals surface area contributed by atoms with Gasteiger partial charge in [0.2, 0.25) is 0 Å². The molecule has 0 radical (unpaired) electrons. The first kappa shape index (κ1) is 7.84. The van der Waals surface area contributed by atoms with Gasteiger partial charge in [-0.3, -0.25) is 4.79 Å². The van der Waals surface area contributed by atoms with E-state index >= 15 is 0 Å². The van der Waals surface area contributed by atoms with Crippen LogP contribution in [-0.4, -0.2) is 13.1 Å². The number of fused-ring (bicyclic) bond motifs is 2. The van der Waals surface area contributed by atoms with Crippen LogP contribution in [0.2, 0.25) is 0 Å². The van der Waals surface area contributed by atoms with Crippen molar-refractivity contribution in [2.45, 2.75) is 13.3 Å². The van der Waals surface area contributed by atoms with E-state index in [0.29, 0.717) is 17.8 Å². The number of methoxy groups -OCH3 is 1. The van der Waals surface area contributed by atoms with E-state index in [0.717, 1.165) is 6.42 Å². The lowest BCUT2D eigenvalue weighted by molar-refractivity contribution is -0.147. The Morgan fingerprint density at radius 1 is 1.42 bits per heavy atom. The molecular weight excluding hydrogens is 152 g/mol. The summed E-state index contributed by atoms with van der Waals surface area (Å²) in [6.07, 6.45) is 5.57. The van der Waals surface area contributed by atoms with Crippen LogP contribution in [0.1, 0.15) is 13.3 Å². The molecule has 4 atom stereocenters. The molecule has 66 valence electrons. The Labute approximate surface area is 72.6 Å². The average molecular weight is 166 g/mol. The van der Waals surface area contributed by atoms with E-state index in [1.165, 1.54) is 7.11 Å². The second-order valence-corrected chi connectivity index (χ2v) is 3.86. The van der Waals surface area contributed by atoms with Gasteiger partial charge in [0, 0.05) is 0 Å². The summed E-state index contributed by atoms with van der Waals surface area (Å²) in [5.41, 5.74) is 0. The molecule has 0 aromatic rings. The third kappa shape index (κ3) is 0.904. The molecule has 0 aliphatic heterocycles. The Bertz CT molecular complexity index is 232. The molecular formula is C10H14O2. The van der Waals surface area contributed by atoms with E-state index in [1.807, 2.05) is 0 Å². The molecule has 1 saturated carbocycles. The van der Waals surface area contributed by atoms with Crippen molar-refractivity contribution in [3.05, 3.63) is 12.2 Å². The zero-order chi connectivity index (χ0) is 8.72. The maximum Gasteiger partial charge on any atom is 0.309 e. The van der Waals surface area contributed by atoms with Crippen LogP contribution in [0.25, 0.3) is 0 Å². The van der Waals surface area contributed by atoms with Gasteiger partial charge in [0.05, 0.1) is 13.0 Å². The van der Waals surface area contributed by atoms with Gasteiger partial charge in [-0.1, -0.05) is 19.1 Å². The second-order valence-electron chi connectivity index (χ2n) is 3.86. The third-order valence-electron chi connectivity index (χ3n) is 3.33. The zero-order valence-electron chi connectivity index (χ0n) is 7.49. The standard InChI is InChI=1S/C10H14O2/c1-6-7-3-4-8(5-7)9(6)10(11)12-2/h3-4,6-9H,5H2,1-2H3/t6?,7-,8+,9?/m1/s1. The summed E-state index contributed by atoms with van der Waals surface area (Å²) in [4.78, 5) is 11.4. The van der Waals surface area contributed by atoms with Gasteiger partial charge in [-0.15, -0.1) is 0 Å². The quantitative estimate of drug-likeness (QED) is 0.437. The lowest BCUT2D eigenvalue weighted by Crippen LogP contribution is -2.26. The van der Waals surface area contributed by atoms with Crippen molar-refractivity contribution in [1.29, 1.82) is 0 Å². The number of carbonyl (C=O) groups is 1. The van der Waals surface area contributed by atoms with Crippen LogP contribution in [0.3, 0.4) is 0 Å². The Hall–Kier alpha value is -0.790. The van der Waals surface area contributed by atoms with Gasteiger partial charge >= 0.3 is 5.97 Å². The molecule has 0 saturated heterocycles. The Morgan fingerprint density at radius 3 is 2.58 bits per heavy atom. The van der Waals surface area contributed by atoms with Crippen molar-refractivity contribution >= 4 is 5.97 Å². The highest BCUT2D eigenvalue weighted by molar-refractivity contribution is 5.74. The van der Waals surface area contributed by atoms with Crippen LogP contribution in [0.5, 0.6) is 0 Å². The predicted octanol–water partition coefficient (Wildman–Crippen LogP) is 1.62. The molecule has 2 rings (SSSR count). The summed E-state index contributed by atoms with van der Waals surface area (Å²) in [5.74, 6) is 1.66. The van der Waals surface area contributed by atoms with E-state index in [-0.39, 0.29) is 11.9 Å². The Balaban J connectivity index is 2.18. The Morgan fingerprint density at radius 2 is 2.08 bits per heavy atom. The van der Waals surface area contributed by atoms with Crippen molar-refractivity contribution in [2.24, 2.45) is 23.7 Å². The van der Waals surface area contributed by atoms with Crippen molar-refractivity contribution < 1.29 is 9.53 Å². The highest BCUT2D eigenvalue weighted by atomic mass is 16.5. The lowest BCUT2D eigenvalue weighted by atomic mass is 9.84. The fraction of sp³-hybridized carbons (Fsp3) is 0.700. The van der Waals surface area contributed by atoms with Crippen molar-refractivity contribution in [2.75, 3.05) is 7.11 Å². The van der Waals surface area contributed by atoms with Crippen molar-refractivity contribution in [3.8, 4) is 0 Å². The molecule has 2 aliphatic carbocycles. The van der Waals surface area contributed by atoms with E-state index in [9.17, 15) is 4.79 Å². The van der Waals surface area contributed by atoms with E-state index in [4.69, 9.17) is 4.74 Å². The van der Waals surface area contributed by atoms with E-state index < -0.39 is 0 Å². The fourth-order valence-corrected chi connectivity index (χ4v) is 2.59. The molecule has 0 heterocycles. The second kappa shape index (κ2) is 2.61. The minimum Gasteiger partial charge on any atom is -0.469 e. The number of allylic oxidation sites excluding steroid dienone is 2. The molecule has 2 heteroatoms. The summed E-state index contributed by atoms with van der Waals surface area (Å²) in [7, 11) is 1.48. The van der Waals surface area contributed by atoms with Gasteiger partial charge in [-0.2, -0.15) is 0 Å². The first-order chi connectivity index (χ1) is 5.74. The molecule has 0 N–H and O–H groups in total. The molecule has 2 nitrogen and oxygen atoms in total. The molecule has 2 bridgehead atoms. The van der Waals surface area contributed by atoms with Crippen LogP contribution in [0, 0.1) is 23.7 Å². The van der Waals surface area contributed by atoms with Gasteiger partial charge in [0.1, 0.15) is 0 Å². The SMILES string of the molecule is COC(=O)C1C(C)[C@@H]2C=C[C@H]1C2. The molecule has 0 spiro atoms. The smallest absolute Gasteiger partial charge is 0.309 e. The maximum absolute atomic E-state index is 11.4. The molecule has 2 aliphatic rings. The van der Waals surface area contributed by atoms with Crippen molar-refractivity contribution in [3.63, 3.8) is 0 Å². The third-order valence-corrected chi connectivity index (χ3v) is 3.33. The number of carbonyl (C=O) groups excluding carboxylic acids is 1. The van der Waals surface area contributed by atoms with Crippen LogP contribution in [0.4, 0.5) is 0 Å². The summed E-state index contributed by atoms with van der Waals surface area (Å²) >= 11 is 0. The van der Waals surface area contributed by atoms with Gasteiger partial charge in [0.25, 0.3) is 0 Å². The number of hydrogen-bond acceptors (Lipinski definition) is 2. The summed E-state index contributed by atoms with van der Waals surface area (Å²) in [6, 6.07) is 0. The fourth-order valence-electron chi connectivity index (χ4n) is 2.59. The van der Waals surface area contributed by atoms with E-state index in [1.54, 1.807) is 0 Å². The van der Waals surface area contributed by atoms with Gasteiger partial charge in [-0.25, -0.2) is 0 Å². The summed E-state index contributed by atoms with van der Waals surface area (Å²) in [6.45, 7) is 2.15. The number of esters is 1. The van der Waals surface area contributed by atoms with Crippen LogP contribution < -0.4 is 0 Å². The topological polar surface area (TPSA) is 26.3 Å². The first-order valence-electron chi connectivity index (χ1n) is 4.50. The highest BCUT2D eigenvalue weighted by Gasteiger charge is 2.46. The molecule has 0 aromatic heterocycles. The summed E-state index contributed by atoms with van der Waals surface area (Å²) in [5, 5.41) is 0. The zero-order valence-corrected chi connectivity index (χ0v) is 7.49. The number of hydrogen-bond donors (Lipinski definition) is 0. The van der Waals surface area contributed by atoms with Gasteiger partial charge < -0.3 is 4.74 Å². The van der Waals surface area contributed by atoms with Gasteiger partial charge in [-0.05, 0) is 24.2 Å². The molecule has 12 heavy (non-hydrogen) atoms. The largest absolute Gasteiger partial charge is 0.469 e. The van der Waals surface area contributed by atoms with Gasteiger partial charge in [0.15, 0.2) is 0 Å². The monoisotopic (exact) mass is 166 g/mol. The molecule has 0 amide bonds. The maximum atomic E-state index is 11.4. The highest BCUT2D eigenvalue weighted by Crippen LogP contribution is 2.47. The average Bonchev–Trinajstić information content (AvgIpc) is 2.63. The minimum atomic E-state index is -0.0284. The van der Waals surface area contributed by atoms with E-state index in [2.05, 4.69) is 19.1 Å². The van der Waals surface area contributed by atoms with Crippen LogP contribution in [0.15, 0.2) is 12.2 Å². The minimum absolute atomic E-state index is 0.0284. The van der Waals surface area contributed by atoms with Crippen molar-refractivity contribution in [1.82, 2.24) is 0 Å². The summed E-state index contributed by atoms with van der Waals surface area (Å²) < 4.78 is 4.78. The lowest BCUT2D eigenvalue weighted by Gasteiger charge is -2.21. The molecule has 1 fully saturated rings. The number of ether oxygens (including phenoxy) is 1. The first-order valence-corrected chi connectivity index (χ1v) is 4.50. The normalized spacial score (nSPS) is 43.5. The molecule has 2 unspecified atom stereocenters. The van der Waals surface area contributed by atoms with Crippen LogP contribution >= 0.6 is 0 Å². The molecule has 0 aromatic carbocycles. The van der Waals surface area contributed by atoms with Crippen LogP contribution in [-0.2, 0) is 9.53 Å². The number of rotatable bonds is 1.